The van der Waals surface area contributed by atoms with Crippen LogP contribution in [0.5, 0.6) is 11.6 Å². The van der Waals surface area contributed by atoms with Crippen molar-refractivity contribution in [2.24, 2.45) is 5.92 Å². The molecule has 1 aromatic carbocycles. The van der Waals surface area contributed by atoms with E-state index in [0.29, 0.717) is 17.7 Å². The van der Waals surface area contributed by atoms with Gasteiger partial charge in [0.05, 0.1) is 0 Å². The molecule has 0 radical (unpaired) electrons. The lowest BCUT2D eigenvalue weighted by Crippen LogP contribution is -2.40. The van der Waals surface area contributed by atoms with E-state index >= 15 is 0 Å². The summed E-state index contributed by atoms with van der Waals surface area (Å²) in [4.78, 5) is 12.3. The Balaban J connectivity index is 1.57. The van der Waals surface area contributed by atoms with E-state index in [1.165, 1.54) is 0 Å². The molecule has 2 atom stereocenters. The van der Waals surface area contributed by atoms with Crippen LogP contribution in [0.1, 0.15) is 25.5 Å². The van der Waals surface area contributed by atoms with Gasteiger partial charge in [0, 0.05) is 29.4 Å². The van der Waals surface area contributed by atoms with E-state index < -0.39 is 0 Å². The third-order valence-electron chi connectivity index (χ3n) is 4.02. The largest absolute Gasteiger partial charge is 0.438 e. The topological polar surface area (TPSA) is 79.0 Å². The zero-order chi connectivity index (χ0) is 16.2. The van der Waals surface area contributed by atoms with Crippen LogP contribution < -0.4 is 15.4 Å². The Morgan fingerprint density at radius 2 is 2.13 bits per heavy atom. The predicted molar refractivity (Wildman–Crippen MR) is 88.7 cm³/mol. The van der Waals surface area contributed by atoms with Crippen LogP contribution in [-0.4, -0.2) is 28.7 Å². The standard InChI is InChI=1S/C17H22N4O2/c1-11-9-13(7-8-18-11)17(22)19-14-3-5-15(6-4-14)23-16-10-12(2)20-21-16/h3-6,10-11,13,18H,7-9H2,1-2H3,(H,19,22)(H,20,21)/t11-,13-/m0/s1. The van der Waals surface area contributed by atoms with Crippen molar-refractivity contribution in [2.75, 3.05) is 11.9 Å². The van der Waals surface area contributed by atoms with Crippen molar-refractivity contribution in [3.05, 3.63) is 36.0 Å². The Morgan fingerprint density at radius 3 is 2.78 bits per heavy atom. The molecular weight excluding hydrogens is 292 g/mol. The normalized spacial score (nSPS) is 21.0. The molecule has 0 saturated carbocycles. The van der Waals surface area contributed by atoms with Crippen molar-refractivity contribution >= 4 is 11.6 Å². The van der Waals surface area contributed by atoms with Gasteiger partial charge in [-0.25, -0.2) is 0 Å². The number of hydrogen-bond acceptors (Lipinski definition) is 4. The fourth-order valence-electron chi connectivity index (χ4n) is 2.79. The Kier molecular flexibility index (Phi) is 4.62. The Labute approximate surface area is 135 Å². The molecule has 0 aliphatic carbocycles. The van der Waals surface area contributed by atoms with Crippen molar-refractivity contribution in [1.82, 2.24) is 15.5 Å². The first-order valence-corrected chi connectivity index (χ1v) is 7.94. The molecule has 3 N–H and O–H groups in total. The van der Waals surface area contributed by atoms with Gasteiger partial charge in [-0.3, -0.25) is 9.89 Å². The average molecular weight is 314 g/mol. The highest BCUT2D eigenvalue weighted by atomic mass is 16.5. The summed E-state index contributed by atoms with van der Waals surface area (Å²) >= 11 is 0. The third-order valence-corrected chi connectivity index (χ3v) is 4.02. The number of carbonyl (C=O) groups excluding carboxylic acids is 1. The summed E-state index contributed by atoms with van der Waals surface area (Å²) in [7, 11) is 0. The highest BCUT2D eigenvalue weighted by Crippen LogP contribution is 2.23. The maximum absolute atomic E-state index is 12.3. The average Bonchev–Trinajstić information content (AvgIpc) is 2.94. The van der Waals surface area contributed by atoms with Crippen LogP contribution in [0.15, 0.2) is 30.3 Å². The van der Waals surface area contributed by atoms with Gasteiger partial charge in [0.25, 0.3) is 0 Å². The fraction of sp³-hybridized carbons (Fsp3) is 0.412. The zero-order valence-corrected chi connectivity index (χ0v) is 13.4. The van der Waals surface area contributed by atoms with Crippen LogP contribution in [0.4, 0.5) is 5.69 Å². The molecule has 122 valence electrons. The maximum atomic E-state index is 12.3. The Hall–Kier alpha value is -2.34. The lowest BCUT2D eigenvalue weighted by molar-refractivity contribution is -0.120. The van der Waals surface area contributed by atoms with Gasteiger partial charge in [-0.15, -0.1) is 5.10 Å². The van der Waals surface area contributed by atoms with Crippen LogP contribution in [0.25, 0.3) is 0 Å². The Morgan fingerprint density at radius 1 is 1.35 bits per heavy atom. The van der Waals surface area contributed by atoms with Gasteiger partial charge in [-0.2, -0.15) is 0 Å². The lowest BCUT2D eigenvalue weighted by Gasteiger charge is -2.27. The molecule has 2 heterocycles. The molecule has 6 nitrogen and oxygen atoms in total. The summed E-state index contributed by atoms with van der Waals surface area (Å²) in [6.07, 6.45) is 1.77. The van der Waals surface area contributed by atoms with Crippen LogP contribution in [-0.2, 0) is 4.79 Å². The van der Waals surface area contributed by atoms with E-state index in [0.717, 1.165) is 30.8 Å². The SMILES string of the molecule is Cc1cc(Oc2ccc(NC(=O)[C@H]3CCN[C@@H](C)C3)cc2)n[nH]1. The number of piperidine rings is 1. The number of aromatic nitrogens is 2. The second-order valence-electron chi connectivity index (χ2n) is 6.08. The number of aromatic amines is 1. The number of nitrogens with one attached hydrogen (secondary N) is 3. The summed E-state index contributed by atoms with van der Waals surface area (Å²) < 4.78 is 5.63. The van der Waals surface area contributed by atoms with Gasteiger partial charge >= 0.3 is 0 Å². The van der Waals surface area contributed by atoms with Crippen LogP contribution >= 0.6 is 0 Å². The van der Waals surface area contributed by atoms with Crippen LogP contribution in [0, 0.1) is 12.8 Å². The molecule has 2 aromatic rings. The number of nitrogens with zero attached hydrogens (tertiary/aromatic N) is 1. The van der Waals surface area contributed by atoms with E-state index in [9.17, 15) is 4.79 Å². The summed E-state index contributed by atoms with van der Waals surface area (Å²) in [5.74, 6) is 1.39. The van der Waals surface area contributed by atoms with E-state index in [2.05, 4.69) is 27.8 Å². The third kappa shape index (κ3) is 4.10. The number of ether oxygens (including phenoxy) is 1. The minimum Gasteiger partial charge on any atom is -0.438 e. The highest BCUT2D eigenvalue weighted by molar-refractivity contribution is 5.92. The molecule has 1 aliphatic rings. The molecule has 0 spiro atoms. The number of hydrogen-bond donors (Lipinski definition) is 3. The van der Waals surface area contributed by atoms with E-state index in [4.69, 9.17) is 4.74 Å². The summed E-state index contributed by atoms with van der Waals surface area (Å²) in [5, 5.41) is 13.2. The van der Waals surface area contributed by atoms with E-state index in [1.54, 1.807) is 0 Å². The molecule has 1 fully saturated rings. The van der Waals surface area contributed by atoms with Crippen molar-refractivity contribution in [3.63, 3.8) is 0 Å². The number of carbonyl (C=O) groups is 1. The molecule has 0 unspecified atom stereocenters. The Bertz CT molecular complexity index is 665. The molecule has 6 heteroatoms. The predicted octanol–water partition coefficient (Wildman–Crippen LogP) is 2.84. The molecular formula is C17H22N4O2. The molecule has 1 saturated heterocycles. The number of benzene rings is 1. The van der Waals surface area contributed by atoms with Gasteiger partial charge in [0.15, 0.2) is 0 Å². The lowest BCUT2D eigenvalue weighted by atomic mass is 9.92. The molecule has 1 aliphatic heterocycles. The highest BCUT2D eigenvalue weighted by Gasteiger charge is 2.24. The number of H-pyrrole nitrogens is 1. The van der Waals surface area contributed by atoms with E-state index in [1.807, 2.05) is 37.3 Å². The monoisotopic (exact) mass is 314 g/mol. The number of aryl methyl sites for hydroxylation is 1. The second kappa shape index (κ2) is 6.83. The zero-order valence-electron chi connectivity index (χ0n) is 13.4. The number of anilines is 1. The minimum absolute atomic E-state index is 0.0780. The fourth-order valence-corrected chi connectivity index (χ4v) is 2.79. The molecule has 1 aromatic heterocycles. The van der Waals surface area contributed by atoms with Crippen molar-refractivity contribution in [2.45, 2.75) is 32.7 Å². The molecule has 0 bridgehead atoms. The smallest absolute Gasteiger partial charge is 0.238 e. The van der Waals surface area contributed by atoms with Crippen LogP contribution in [0.3, 0.4) is 0 Å². The maximum Gasteiger partial charge on any atom is 0.238 e. The first kappa shape index (κ1) is 15.6. The number of rotatable bonds is 4. The van der Waals surface area contributed by atoms with E-state index in [-0.39, 0.29) is 11.8 Å². The summed E-state index contributed by atoms with van der Waals surface area (Å²) in [6, 6.07) is 9.56. The quantitative estimate of drug-likeness (QED) is 0.811. The number of amides is 1. The minimum atomic E-state index is 0.0780. The van der Waals surface area contributed by atoms with Gasteiger partial charge in [0.1, 0.15) is 5.75 Å². The summed E-state index contributed by atoms with van der Waals surface area (Å²) in [6.45, 7) is 4.93. The second-order valence-corrected chi connectivity index (χ2v) is 6.08. The van der Waals surface area contributed by atoms with Gasteiger partial charge in [-0.05, 0) is 57.5 Å². The molecule has 3 rings (SSSR count). The van der Waals surface area contributed by atoms with Gasteiger partial charge in [-0.1, -0.05) is 0 Å². The molecule has 1 amide bonds. The van der Waals surface area contributed by atoms with Crippen LogP contribution in [0.2, 0.25) is 0 Å². The first-order chi connectivity index (χ1) is 11.1. The first-order valence-electron chi connectivity index (χ1n) is 7.94. The van der Waals surface area contributed by atoms with Crippen molar-refractivity contribution < 1.29 is 9.53 Å². The summed E-state index contributed by atoms with van der Waals surface area (Å²) in [5.41, 5.74) is 1.73. The van der Waals surface area contributed by atoms with Crippen molar-refractivity contribution in [3.8, 4) is 11.6 Å². The van der Waals surface area contributed by atoms with Gasteiger partial charge < -0.3 is 15.4 Å². The molecule has 23 heavy (non-hydrogen) atoms. The van der Waals surface area contributed by atoms with Gasteiger partial charge in [0.2, 0.25) is 11.8 Å². The van der Waals surface area contributed by atoms with Crippen molar-refractivity contribution in [1.29, 1.82) is 0 Å².